The molecule has 1 aliphatic rings. The first-order valence-corrected chi connectivity index (χ1v) is 7.34. The molecule has 0 nitrogen and oxygen atoms in total. The molecule has 1 aliphatic carbocycles. The van der Waals surface area contributed by atoms with E-state index in [0.29, 0.717) is 0 Å². The minimum Gasteiger partial charge on any atom is -0.0683 e. The number of allylic oxidation sites excluding steroid dienone is 1. The van der Waals surface area contributed by atoms with E-state index in [1.54, 1.807) is 0 Å². The first-order chi connectivity index (χ1) is 9.45. The fourth-order valence-corrected chi connectivity index (χ4v) is 3.53. The Labute approximate surface area is 122 Å². The van der Waals surface area contributed by atoms with Crippen molar-refractivity contribution in [2.45, 2.75) is 41.0 Å². The highest BCUT2D eigenvalue weighted by molar-refractivity contribution is 5.84. The highest BCUT2D eigenvalue weighted by Crippen LogP contribution is 2.38. The molecule has 2 aromatic carbocycles. The second-order valence-electron chi connectivity index (χ2n) is 6.32. The van der Waals surface area contributed by atoms with Crippen molar-refractivity contribution in [3.63, 3.8) is 0 Å². The van der Waals surface area contributed by atoms with Crippen LogP contribution in [0.2, 0.25) is 0 Å². The van der Waals surface area contributed by atoms with Gasteiger partial charge in [-0.15, -0.1) is 0 Å². The second-order valence-corrected chi connectivity index (χ2v) is 6.32. The highest BCUT2D eigenvalue weighted by atomic mass is 14.2. The Balaban J connectivity index is 2.32. The number of hydrogen-bond donors (Lipinski definition) is 0. The van der Waals surface area contributed by atoms with Gasteiger partial charge in [0.15, 0.2) is 0 Å². The van der Waals surface area contributed by atoms with Gasteiger partial charge in [-0.05, 0) is 74.4 Å². The minimum atomic E-state index is 1.11. The van der Waals surface area contributed by atoms with Crippen molar-refractivity contribution >= 4 is 6.08 Å². The van der Waals surface area contributed by atoms with E-state index in [4.69, 9.17) is 0 Å². The van der Waals surface area contributed by atoms with E-state index in [1.807, 2.05) is 0 Å². The van der Waals surface area contributed by atoms with Gasteiger partial charge >= 0.3 is 0 Å². The van der Waals surface area contributed by atoms with Gasteiger partial charge in [-0.1, -0.05) is 47.0 Å². The van der Waals surface area contributed by atoms with E-state index in [0.717, 1.165) is 6.42 Å². The van der Waals surface area contributed by atoms with Gasteiger partial charge < -0.3 is 0 Å². The molecule has 0 aromatic heterocycles. The Bertz CT molecular complexity index is 710. The molecule has 2 aromatic rings. The molecule has 0 heterocycles. The zero-order chi connectivity index (χ0) is 14.4. The summed E-state index contributed by atoms with van der Waals surface area (Å²) in [5.74, 6) is 0. The molecule has 20 heavy (non-hydrogen) atoms. The van der Waals surface area contributed by atoms with Gasteiger partial charge in [-0.2, -0.15) is 0 Å². The first-order valence-electron chi connectivity index (χ1n) is 7.34. The standard InChI is InChI=1S/C20H22/c1-12-6-13(2)8-17(7-12)20-16(5)11-15(4)18-9-14(3)10-19(18)20/h6-8,10-11H,9H2,1-5H3. The third kappa shape index (κ3) is 2.10. The largest absolute Gasteiger partial charge is 0.0683 e. The summed E-state index contributed by atoms with van der Waals surface area (Å²) in [6.45, 7) is 11.1. The lowest BCUT2D eigenvalue weighted by atomic mass is 9.89. The van der Waals surface area contributed by atoms with Crippen LogP contribution in [0.1, 0.15) is 40.3 Å². The topological polar surface area (TPSA) is 0 Å². The fourth-order valence-electron chi connectivity index (χ4n) is 3.53. The number of aryl methyl sites for hydroxylation is 4. The van der Waals surface area contributed by atoms with E-state index in [9.17, 15) is 0 Å². The molecule has 102 valence electrons. The van der Waals surface area contributed by atoms with Gasteiger partial charge in [0.1, 0.15) is 0 Å². The van der Waals surface area contributed by atoms with Crippen LogP contribution in [0.15, 0.2) is 29.8 Å². The van der Waals surface area contributed by atoms with Crippen molar-refractivity contribution in [1.82, 2.24) is 0 Å². The van der Waals surface area contributed by atoms with Crippen LogP contribution in [0.4, 0.5) is 0 Å². The van der Waals surface area contributed by atoms with E-state index >= 15 is 0 Å². The average molecular weight is 262 g/mol. The Morgan fingerprint density at radius 3 is 2.05 bits per heavy atom. The molecule has 0 bridgehead atoms. The molecule has 0 heteroatoms. The van der Waals surface area contributed by atoms with Gasteiger partial charge in [0.05, 0.1) is 0 Å². The van der Waals surface area contributed by atoms with Crippen LogP contribution in [0, 0.1) is 27.7 Å². The lowest BCUT2D eigenvalue weighted by molar-refractivity contribution is 1.15. The van der Waals surface area contributed by atoms with Crippen LogP contribution >= 0.6 is 0 Å². The van der Waals surface area contributed by atoms with Crippen molar-refractivity contribution in [1.29, 1.82) is 0 Å². The van der Waals surface area contributed by atoms with E-state index < -0.39 is 0 Å². The van der Waals surface area contributed by atoms with Crippen LogP contribution in [-0.4, -0.2) is 0 Å². The SMILES string of the molecule is CC1=Cc2c(c(C)cc(C)c2-c2cc(C)cc(C)c2)C1. The van der Waals surface area contributed by atoms with Crippen LogP contribution in [0.25, 0.3) is 17.2 Å². The van der Waals surface area contributed by atoms with Crippen molar-refractivity contribution < 1.29 is 0 Å². The zero-order valence-electron chi connectivity index (χ0n) is 13.1. The molecular weight excluding hydrogens is 240 g/mol. The maximum absolute atomic E-state index is 2.38. The summed E-state index contributed by atoms with van der Waals surface area (Å²) in [5.41, 5.74) is 12.7. The van der Waals surface area contributed by atoms with Gasteiger partial charge in [-0.25, -0.2) is 0 Å². The second kappa shape index (κ2) is 4.63. The summed E-state index contributed by atoms with van der Waals surface area (Å²) in [4.78, 5) is 0. The number of benzene rings is 2. The smallest absolute Gasteiger partial charge is 0.00577 e. The molecule has 0 amide bonds. The monoisotopic (exact) mass is 262 g/mol. The van der Waals surface area contributed by atoms with Gasteiger partial charge in [0.2, 0.25) is 0 Å². The van der Waals surface area contributed by atoms with Gasteiger partial charge in [0.25, 0.3) is 0 Å². The lowest BCUT2D eigenvalue weighted by Gasteiger charge is -2.16. The summed E-state index contributed by atoms with van der Waals surface area (Å²) in [5, 5.41) is 0. The van der Waals surface area contributed by atoms with Gasteiger partial charge in [0, 0.05) is 0 Å². The maximum Gasteiger partial charge on any atom is -0.00577 e. The third-order valence-corrected chi connectivity index (χ3v) is 4.25. The molecule has 3 rings (SSSR count). The Kier molecular flexibility index (Phi) is 3.05. The number of hydrogen-bond acceptors (Lipinski definition) is 0. The van der Waals surface area contributed by atoms with Crippen LogP contribution in [0.5, 0.6) is 0 Å². The van der Waals surface area contributed by atoms with Gasteiger partial charge in [-0.3, -0.25) is 0 Å². The van der Waals surface area contributed by atoms with E-state index in [2.05, 4.69) is 65.0 Å². The maximum atomic E-state index is 2.38. The molecule has 0 saturated heterocycles. The average Bonchev–Trinajstić information content (AvgIpc) is 2.69. The number of fused-ring (bicyclic) bond motifs is 1. The van der Waals surface area contributed by atoms with Crippen LogP contribution in [-0.2, 0) is 6.42 Å². The summed E-state index contributed by atoms with van der Waals surface area (Å²) in [6.07, 6.45) is 3.49. The number of rotatable bonds is 1. The fraction of sp³-hybridized carbons (Fsp3) is 0.300. The van der Waals surface area contributed by atoms with Crippen molar-refractivity contribution in [2.24, 2.45) is 0 Å². The van der Waals surface area contributed by atoms with Crippen molar-refractivity contribution in [2.75, 3.05) is 0 Å². The molecule has 0 atom stereocenters. The van der Waals surface area contributed by atoms with E-state index in [-0.39, 0.29) is 0 Å². The molecule has 0 radical (unpaired) electrons. The highest BCUT2D eigenvalue weighted by Gasteiger charge is 2.19. The molecular formula is C20H22. The van der Waals surface area contributed by atoms with Crippen LogP contribution in [0.3, 0.4) is 0 Å². The summed E-state index contributed by atoms with van der Waals surface area (Å²) < 4.78 is 0. The molecule has 0 aliphatic heterocycles. The van der Waals surface area contributed by atoms with Crippen molar-refractivity contribution in [3.05, 3.63) is 63.2 Å². The normalized spacial score (nSPS) is 13.3. The lowest BCUT2D eigenvalue weighted by Crippen LogP contribution is -1.96. The molecule has 0 N–H and O–H groups in total. The Morgan fingerprint density at radius 2 is 1.40 bits per heavy atom. The molecule has 0 saturated carbocycles. The predicted octanol–water partition coefficient (Wildman–Crippen LogP) is 5.55. The Morgan fingerprint density at radius 1 is 0.750 bits per heavy atom. The molecule has 0 unspecified atom stereocenters. The summed E-state index contributed by atoms with van der Waals surface area (Å²) in [7, 11) is 0. The molecule has 0 spiro atoms. The van der Waals surface area contributed by atoms with Crippen molar-refractivity contribution in [3.8, 4) is 11.1 Å². The summed E-state index contributed by atoms with van der Waals surface area (Å²) >= 11 is 0. The summed E-state index contributed by atoms with van der Waals surface area (Å²) in [6, 6.07) is 9.21. The quantitative estimate of drug-likeness (QED) is 0.632. The zero-order valence-corrected chi connectivity index (χ0v) is 13.1. The molecule has 0 fully saturated rings. The van der Waals surface area contributed by atoms with Crippen LogP contribution < -0.4 is 0 Å². The third-order valence-electron chi connectivity index (χ3n) is 4.25. The van der Waals surface area contributed by atoms with E-state index in [1.165, 1.54) is 50.1 Å². The predicted molar refractivity (Wildman–Crippen MR) is 88.2 cm³/mol. The minimum absolute atomic E-state index is 1.11. The first kappa shape index (κ1) is 13.2. The Hall–Kier alpha value is -1.82.